The van der Waals surface area contributed by atoms with Gasteiger partial charge in [0.1, 0.15) is 0 Å². The Morgan fingerprint density at radius 3 is 2.67 bits per heavy atom. The zero-order valence-corrected chi connectivity index (χ0v) is 12.1. The molecule has 0 saturated carbocycles. The predicted molar refractivity (Wildman–Crippen MR) is 70.7 cm³/mol. The number of carbonyl (C=O) groups excluding carboxylic acids is 1. The fourth-order valence-electron chi connectivity index (χ4n) is 2.05. The van der Waals surface area contributed by atoms with Crippen LogP contribution in [0.2, 0.25) is 0 Å². The Balaban J connectivity index is 2.53. The molecule has 1 heterocycles. The molecule has 1 fully saturated rings. The van der Waals surface area contributed by atoms with Crippen molar-refractivity contribution in [3.05, 3.63) is 0 Å². The van der Waals surface area contributed by atoms with Crippen molar-refractivity contribution >= 4 is 15.9 Å². The molecule has 0 bridgehead atoms. The fourth-order valence-corrected chi connectivity index (χ4v) is 2.72. The molecule has 2 N–H and O–H groups in total. The average molecular weight is 277 g/mol. The molecular formula is C11H23N3O3S. The van der Waals surface area contributed by atoms with Gasteiger partial charge in [0.05, 0.1) is 11.8 Å². The molecule has 1 unspecified atom stereocenters. The molecule has 0 radical (unpaired) electrons. The smallest absolute Gasteiger partial charge is 0.239 e. The summed E-state index contributed by atoms with van der Waals surface area (Å²) in [6, 6.07) is 0.0796. The molecule has 0 aromatic carbocycles. The zero-order valence-electron chi connectivity index (χ0n) is 11.3. The molecule has 0 aliphatic carbocycles. The lowest BCUT2D eigenvalue weighted by Crippen LogP contribution is -2.53. The predicted octanol–water partition coefficient (Wildman–Crippen LogP) is -0.475. The van der Waals surface area contributed by atoms with E-state index in [0.717, 1.165) is 12.8 Å². The number of hydrogen-bond acceptors (Lipinski definition) is 4. The van der Waals surface area contributed by atoms with Gasteiger partial charge in [-0.3, -0.25) is 4.79 Å². The van der Waals surface area contributed by atoms with Gasteiger partial charge in [0.25, 0.3) is 0 Å². The van der Waals surface area contributed by atoms with E-state index in [2.05, 4.69) is 10.0 Å². The maximum atomic E-state index is 12.1. The summed E-state index contributed by atoms with van der Waals surface area (Å²) in [5.74, 6) is -0.0230. The molecule has 7 heteroatoms. The summed E-state index contributed by atoms with van der Waals surface area (Å²) in [4.78, 5) is 13.8. The lowest BCUT2D eigenvalue weighted by molar-refractivity contribution is -0.135. The standard InChI is InChI=1S/C11H23N3O3S/c1-9(2)13-10-5-4-6-14(11(10)15)7-8-18(16,17)12-3/h9-10,12-13H,4-8H2,1-3H3. The summed E-state index contributed by atoms with van der Waals surface area (Å²) in [6.07, 6.45) is 1.74. The van der Waals surface area contributed by atoms with Gasteiger partial charge in [0.2, 0.25) is 15.9 Å². The number of likely N-dealkylation sites (tertiary alicyclic amines) is 1. The number of piperidine rings is 1. The zero-order chi connectivity index (χ0) is 13.8. The molecule has 0 aromatic heterocycles. The molecule has 0 spiro atoms. The summed E-state index contributed by atoms with van der Waals surface area (Å²) in [5.41, 5.74) is 0. The second-order valence-electron chi connectivity index (χ2n) is 4.86. The third-order valence-corrected chi connectivity index (χ3v) is 4.35. The molecule has 1 saturated heterocycles. The SMILES string of the molecule is CNS(=O)(=O)CCN1CCCC(NC(C)C)C1=O. The van der Waals surface area contributed by atoms with E-state index < -0.39 is 10.0 Å². The molecule has 1 aliphatic heterocycles. The van der Waals surface area contributed by atoms with Crippen LogP contribution in [0.5, 0.6) is 0 Å². The van der Waals surface area contributed by atoms with Crippen molar-refractivity contribution in [1.29, 1.82) is 0 Å². The Bertz CT molecular complexity index is 381. The lowest BCUT2D eigenvalue weighted by Gasteiger charge is -2.33. The Hall–Kier alpha value is -0.660. The number of sulfonamides is 1. The Kier molecular flexibility index (Phi) is 5.55. The maximum absolute atomic E-state index is 12.1. The van der Waals surface area contributed by atoms with Crippen LogP contribution in [0.3, 0.4) is 0 Å². The monoisotopic (exact) mass is 277 g/mol. The summed E-state index contributed by atoms with van der Waals surface area (Å²) in [7, 11) is -1.86. The molecule has 6 nitrogen and oxygen atoms in total. The van der Waals surface area contributed by atoms with Gasteiger partial charge < -0.3 is 10.2 Å². The Morgan fingerprint density at radius 1 is 1.44 bits per heavy atom. The number of nitrogens with one attached hydrogen (secondary N) is 2. The van der Waals surface area contributed by atoms with Gasteiger partial charge in [0, 0.05) is 19.1 Å². The summed E-state index contributed by atoms with van der Waals surface area (Å²) in [6.45, 7) is 4.90. The van der Waals surface area contributed by atoms with Crippen LogP contribution >= 0.6 is 0 Å². The topological polar surface area (TPSA) is 78.5 Å². The highest BCUT2D eigenvalue weighted by atomic mass is 32.2. The molecular weight excluding hydrogens is 254 g/mol. The van der Waals surface area contributed by atoms with E-state index in [1.54, 1.807) is 4.90 Å². The normalized spacial score (nSPS) is 21.7. The maximum Gasteiger partial charge on any atom is 0.239 e. The largest absolute Gasteiger partial charge is 0.340 e. The van der Waals surface area contributed by atoms with Crippen molar-refractivity contribution in [2.24, 2.45) is 0 Å². The van der Waals surface area contributed by atoms with E-state index in [-0.39, 0.29) is 30.3 Å². The van der Waals surface area contributed by atoms with E-state index in [1.807, 2.05) is 13.8 Å². The first kappa shape index (κ1) is 15.4. The Morgan fingerprint density at radius 2 is 2.11 bits per heavy atom. The molecule has 1 rings (SSSR count). The van der Waals surface area contributed by atoms with Crippen molar-refractivity contribution in [1.82, 2.24) is 14.9 Å². The first-order chi connectivity index (χ1) is 8.35. The van der Waals surface area contributed by atoms with Crippen molar-refractivity contribution < 1.29 is 13.2 Å². The highest BCUT2D eigenvalue weighted by Gasteiger charge is 2.29. The minimum absolute atomic E-state index is 0.0150. The number of nitrogens with zero attached hydrogens (tertiary/aromatic N) is 1. The van der Waals surface area contributed by atoms with Gasteiger partial charge in [-0.2, -0.15) is 0 Å². The van der Waals surface area contributed by atoms with E-state index in [4.69, 9.17) is 0 Å². The van der Waals surface area contributed by atoms with Gasteiger partial charge in [-0.1, -0.05) is 13.8 Å². The summed E-state index contributed by atoms with van der Waals surface area (Å²) in [5, 5.41) is 3.22. The first-order valence-electron chi connectivity index (χ1n) is 6.32. The Labute approximate surface area is 109 Å². The number of amides is 1. The molecule has 0 aromatic rings. The van der Waals surface area contributed by atoms with Crippen LogP contribution in [0, 0.1) is 0 Å². The van der Waals surface area contributed by atoms with Crippen molar-refractivity contribution in [2.45, 2.75) is 38.8 Å². The fraction of sp³-hybridized carbons (Fsp3) is 0.909. The molecule has 1 amide bonds. The van der Waals surface area contributed by atoms with Crippen LogP contribution in [-0.2, 0) is 14.8 Å². The third-order valence-electron chi connectivity index (χ3n) is 3.01. The van der Waals surface area contributed by atoms with Crippen molar-refractivity contribution in [3.8, 4) is 0 Å². The van der Waals surface area contributed by atoms with Crippen LogP contribution in [0.4, 0.5) is 0 Å². The van der Waals surface area contributed by atoms with Crippen LogP contribution in [-0.4, -0.2) is 57.2 Å². The minimum Gasteiger partial charge on any atom is -0.340 e. The number of carbonyl (C=O) groups is 1. The highest BCUT2D eigenvalue weighted by molar-refractivity contribution is 7.89. The van der Waals surface area contributed by atoms with Crippen molar-refractivity contribution in [2.75, 3.05) is 25.9 Å². The lowest BCUT2D eigenvalue weighted by atomic mass is 10.0. The molecule has 18 heavy (non-hydrogen) atoms. The van der Waals surface area contributed by atoms with E-state index in [0.29, 0.717) is 6.54 Å². The van der Waals surface area contributed by atoms with Gasteiger partial charge in [0.15, 0.2) is 0 Å². The first-order valence-corrected chi connectivity index (χ1v) is 7.97. The van der Waals surface area contributed by atoms with Crippen LogP contribution in [0.1, 0.15) is 26.7 Å². The summed E-state index contributed by atoms with van der Waals surface area (Å²) >= 11 is 0. The van der Waals surface area contributed by atoms with Crippen LogP contribution in [0.25, 0.3) is 0 Å². The molecule has 1 atom stereocenters. The molecule has 106 valence electrons. The van der Waals surface area contributed by atoms with E-state index in [9.17, 15) is 13.2 Å². The second-order valence-corrected chi connectivity index (χ2v) is 6.91. The number of hydrogen-bond donors (Lipinski definition) is 2. The van der Waals surface area contributed by atoms with E-state index >= 15 is 0 Å². The van der Waals surface area contributed by atoms with Crippen LogP contribution in [0.15, 0.2) is 0 Å². The van der Waals surface area contributed by atoms with E-state index in [1.165, 1.54) is 7.05 Å². The number of rotatable bonds is 6. The molecule has 1 aliphatic rings. The second kappa shape index (κ2) is 6.49. The quantitative estimate of drug-likeness (QED) is 0.688. The summed E-state index contributed by atoms with van der Waals surface area (Å²) < 4.78 is 24.9. The van der Waals surface area contributed by atoms with Gasteiger partial charge in [-0.15, -0.1) is 0 Å². The van der Waals surface area contributed by atoms with Crippen LogP contribution < -0.4 is 10.0 Å². The minimum atomic E-state index is -3.25. The third kappa shape index (κ3) is 4.55. The van der Waals surface area contributed by atoms with Gasteiger partial charge in [-0.05, 0) is 19.9 Å². The van der Waals surface area contributed by atoms with Crippen molar-refractivity contribution in [3.63, 3.8) is 0 Å². The van der Waals surface area contributed by atoms with Gasteiger partial charge in [-0.25, -0.2) is 13.1 Å². The average Bonchev–Trinajstić information content (AvgIpc) is 2.30. The van der Waals surface area contributed by atoms with Gasteiger partial charge >= 0.3 is 0 Å². The highest BCUT2D eigenvalue weighted by Crippen LogP contribution is 2.12.